The Kier molecular flexibility index (Phi) is 4.62. The molecule has 0 spiro atoms. The van der Waals surface area contributed by atoms with Gasteiger partial charge in [0.05, 0.1) is 4.92 Å². The zero-order valence-electron chi connectivity index (χ0n) is 11.5. The molecule has 110 valence electrons. The van der Waals surface area contributed by atoms with Gasteiger partial charge < -0.3 is 16.4 Å². The molecule has 0 aliphatic carbocycles. The van der Waals surface area contributed by atoms with Crippen LogP contribution >= 0.6 is 0 Å². The predicted octanol–water partition coefficient (Wildman–Crippen LogP) is 1.67. The van der Waals surface area contributed by atoms with Crippen LogP contribution in [0.5, 0.6) is 0 Å². The third kappa shape index (κ3) is 3.63. The predicted molar refractivity (Wildman–Crippen MR) is 80.7 cm³/mol. The number of nitro groups is 1. The van der Waals surface area contributed by atoms with Gasteiger partial charge in [0.1, 0.15) is 6.20 Å². The van der Waals surface area contributed by atoms with Crippen LogP contribution in [0.25, 0.3) is 0 Å². The van der Waals surface area contributed by atoms with Crippen LogP contribution in [0, 0.1) is 10.1 Å². The van der Waals surface area contributed by atoms with E-state index in [1.54, 1.807) is 7.05 Å². The molecule has 4 N–H and O–H groups in total. The van der Waals surface area contributed by atoms with Gasteiger partial charge in [-0.25, -0.2) is 4.98 Å². The lowest BCUT2D eigenvalue weighted by Gasteiger charge is -2.07. The Balaban J connectivity index is 2.17. The maximum atomic E-state index is 10.8. The van der Waals surface area contributed by atoms with Crippen molar-refractivity contribution in [1.82, 2.24) is 9.97 Å². The lowest BCUT2D eigenvalue weighted by molar-refractivity contribution is -0.384. The second-order valence-electron chi connectivity index (χ2n) is 4.30. The molecule has 2 rings (SSSR count). The topological polar surface area (TPSA) is 119 Å². The van der Waals surface area contributed by atoms with Gasteiger partial charge in [0.25, 0.3) is 0 Å². The van der Waals surface area contributed by atoms with E-state index in [2.05, 4.69) is 20.6 Å². The largest absolute Gasteiger partial charge is 0.367 e. The van der Waals surface area contributed by atoms with Crippen molar-refractivity contribution < 1.29 is 4.92 Å². The second-order valence-corrected chi connectivity index (χ2v) is 4.30. The Morgan fingerprint density at radius 3 is 2.62 bits per heavy atom. The minimum atomic E-state index is -0.531. The van der Waals surface area contributed by atoms with Crippen molar-refractivity contribution in [3.05, 3.63) is 46.1 Å². The van der Waals surface area contributed by atoms with Gasteiger partial charge in [-0.2, -0.15) is 4.98 Å². The molecule has 0 aliphatic heterocycles. The van der Waals surface area contributed by atoms with E-state index >= 15 is 0 Å². The maximum absolute atomic E-state index is 10.8. The van der Waals surface area contributed by atoms with Gasteiger partial charge in [0.2, 0.25) is 11.8 Å². The number of hydrogen-bond acceptors (Lipinski definition) is 7. The highest BCUT2D eigenvalue weighted by molar-refractivity contribution is 5.60. The highest BCUT2D eigenvalue weighted by Crippen LogP contribution is 2.23. The van der Waals surface area contributed by atoms with Gasteiger partial charge in [-0.1, -0.05) is 12.1 Å². The van der Waals surface area contributed by atoms with E-state index in [0.29, 0.717) is 6.54 Å². The summed E-state index contributed by atoms with van der Waals surface area (Å²) in [5.41, 5.74) is 7.27. The fourth-order valence-electron chi connectivity index (χ4n) is 1.80. The van der Waals surface area contributed by atoms with Crippen molar-refractivity contribution in [2.24, 2.45) is 5.73 Å². The Morgan fingerprint density at radius 2 is 2.05 bits per heavy atom. The molecule has 1 heterocycles. The Labute approximate surface area is 121 Å². The number of anilines is 3. The molecule has 0 aliphatic rings. The third-order valence-electron chi connectivity index (χ3n) is 2.85. The first-order chi connectivity index (χ1) is 10.1. The van der Waals surface area contributed by atoms with Crippen LogP contribution in [0.4, 0.5) is 23.1 Å². The number of nitrogens with two attached hydrogens (primary N) is 1. The number of aromatic nitrogens is 2. The number of nitrogens with zero attached hydrogens (tertiary/aromatic N) is 3. The van der Waals surface area contributed by atoms with Crippen LogP contribution in [0.2, 0.25) is 0 Å². The maximum Gasteiger partial charge on any atom is 0.329 e. The summed E-state index contributed by atoms with van der Waals surface area (Å²) >= 11 is 0. The van der Waals surface area contributed by atoms with Gasteiger partial charge in [-0.05, 0) is 30.7 Å². The van der Waals surface area contributed by atoms with Crippen LogP contribution in [0.15, 0.2) is 30.5 Å². The lowest BCUT2D eigenvalue weighted by Crippen LogP contribution is -2.05. The average molecular weight is 288 g/mol. The fourth-order valence-corrected chi connectivity index (χ4v) is 1.80. The van der Waals surface area contributed by atoms with Gasteiger partial charge in [-0.15, -0.1) is 0 Å². The molecule has 8 nitrogen and oxygen atoms in total. The zero-order valence-corrected chi connectivity index (χ0v) is 11.5. The monoisotopic (exact) mass is 288 g/mol. The average Bonchev–Trinajstić information content (AvgIpc) is 2.49. The van der Waals surface area contributed by atoms with E-state index in [4.69, 9.17) is 5.73 Å². The molecule has 0 fully saturated rings. The highest BCUT2D eigenvalue weighted by Gasteiger charge is 2.15. The molecule has 0 atom stereocenters. The SMILES string of the molecule is CNc1nc(Nc2ccc(CCN)cc2)ncc1[N+](=O)[O-]. The van der Waals surface area contributed by atoms with Gasteiger partial charge in [-0.3, -0.25) is 10.1 Å². The molecule has 0 amide bonds. The summed E-state index contributed by atoms with van der Waals surface area (Å²) in [5, 5.41) is 16.5. The number of benzene rings is 1. The molecular formula is C13H16N6O2. The molecular weight excluding hydrogens is 272 g/mol. The molecule has 0 radical (unpaired) electrons. The van der Waals surface area contributed by atoms with E-state index in [-0.39, 0.29) is 17.5 Å². The number of nitrogens with one attached hydrogen (secondary N) is 2. The molecule has 21 heavy (non-hydrogen) atoms. The van der Waals surface area contributed by atoms with E-state index in [1.165, 1.54) is 6.20 Å². The Hall–Kier alpha value is -2.74. The smallest absolute Gasteiger partial charge is 0.329 e. The normalized spacial score (nSPS) is 10.2. The summed E-state index contributed by atoms with van der Waals surface area (Å²) in [6, 6.07) is 7.68. The zero-order chi connectivity index (χ0) is 15.2. The number of hydrogen-bond donors (Lipinski definition) is 3. The molecule has 1 aromatic carbocycles. The first kappa shape index (κ1) is 14.7. The fraction of sp³-hybridized carbons (Fsp3) is 0.231. The van der Waals surface area contributed by atoms with Crippen molar-refractivity contribution in [3.8, 4) is 0 Å². The summed E-state index contributed by atoms with van der Waals surface area (Å²) in [6.07, 6.45) is 1.99. The highest BCUT2D eigenvalue weighted by atomic mass is 16.6. The lowest BCUT2D eigenvalue weighted by atomic mass is 10.1. The summed E-state index contributed by atoms with van der Waals surface area (Å²) in [7, 11) is 1.57. The third-order valence-corrected chi connectivity index (χ3v) is 2.85. The quantitative estimate of drug-likeness (QED) is 0.546. The molecule has 8 heteroatoms. The van der Waals surface area contributed by atoms with Crippen LogP contribution in [-0.2, 0) is 6.42 Å². The molecule has 1 aromatic heterocycles. The second kappa shape index (κ2) is 6.62. The van der Waals surface area contributed by atoms with Crippen molar-refractivity contribution in [2.75, 3.05) is 24.2 Å². The minimum absolute atomic E-state index is 0.164. The first-order valence-corrected chi connectivity index (χ1v) is 6.39. The number of rotatable bonds is 6. The summed E-state index contributed by atoms with van der Waals surface area (Å²) < 4.78 is 0. The molecule has 0 saturated heterocycles. The van der Waals surface area contributed by atoms with Crippen LogP contribution in [0.1, 0.15) is 5.56 Å². The van der Waals surface area contributed by atoms with Crippen molar-refractivity contribution in [1.29, 1.82) is 0 Å². The summed E-state index contributed by atoms with van der Waals surface area (Å²) in [5.74, 6) is 0.453. The van der Waals surface area contributed by atoms with Crippen molar-refractivity contribution in [3.63, 3.8) is 0 Å². The van der Waals surface area contributed by atoms with E-state index in [1.807, 2.05) is 24.3 Å². The Bertz CT molecular complexity index is 629. The molecule has 2 aromatic rings. The van der Waals surface area contributed by atoms with Crippen LogP contribution in [0.3, 0.4) is 0 Å². The van der Waals surface area contributed by atoms with Crippen LogP contribution in [-0.4, -0.2) is 28.5 Å². The molecule has 0 unspecified atom stereocenters. The molecule has 0 saturated carbocycles. The van der Waals surface area contributed by atoms with Gasteiger partial charge in [0, 0.05) is 12.7 Å². The van der Waals surface area contributed by atoms with E-state index in [0.717, 1.165) is 17.7 Å². The van der Waals surface area contributed by atoms with E-state index < -0.39 is 4.92 Å². The van der Waals surface area contributed by atoms with Crippen LogP contribution < -0.4 is 16.4 Å². The van der Waals surface area contributed by atoms with Gasteiger partial charge in [0.15, 0.2) is 0 Å². The van der Waals surface area contributed by atoms with E-state index in [9.17, 15) is 10.1 Å². The summed E-state index contributed by atoms with van der Waals surface area (Å²) in [4.78, 5) is 18.3. The van der Waals surface area contributed by atoms with Gasteiger partial charge >= 0.3 is 5.69 Å². The van der Waals surface area contributed by atoms with Crippen molar-refractivity contribution >= 4 is 23.1 Å². The minimum Gasteiger partial charge on any atom is -0.367 e. The molecule has 0 bridgehead atoms. The Morgan fingerprint density at radius 1 is 1.33 bits per heavy atom. The first-order valence-electron chi connectivity index (χ1n) is 6.39. The van der Waals surface area contributed by atoms with Crippen molar-refractivity contribution in [2.45, 2.75) is 6.42 Å². The summed E-state index contributed by atoms with van der Waals surface area (Å²) in [6.45, 7) is 0.601. The standard InChI is InChI=1S/C13H16N6O2/c1-15-12-11(19(20)21)8-16-13(18-12)17-10-4-2-9(3-5-10)6-7-14/h2-5,8H,6-7,14H2,1H3,(H2,15,16,17,18).